The van der Waals surface area contributed by atoms with Crippen molar-refractivity contribution in [2.24, 2.45) is 17.8 Å². The number of hydrogen-bond acceptors (Lipinski definition) is 6. The van der Waals surface area contributed by atoms with Crippen molar-refractivity contribution in [3.8, 4) is 0 Å². The predicted octanol–water partition coefficient (Wildman–Crippen LogP) is 0.955. The van der Waals surface area contributed by atoms with Gasteiger partial charge in [-0.15, -0.1) is 0 Å². The summed E-state index contributed by atoms with van der Waals surface area (Å²) in [6, 6.07) is 3.39. The number of aromatic nitrogens is 1. The smallest absolute Gasteiger partial charge is 0.475 e. The summed E-state index contributed by atoms with van der Waals surface area (Å²) in [6.07, 6.45) is -0.959. The van der Waals surface area contributed by atoms with E-state index in [2.05, 4.69) is 10.3 Å². The molecule has 1 aromatic heterocycles. The average molecular weight is 459 g/mol. The molecule has 9 nitrogen and oxygen atoms in total. The first kappa shape index (κ1) is 23.9. The fraction of sp³-hybridized carbons (Fsp3) is 0.600. The Kier molecular flexibility index (Phi) is 7.67. The summed E-state index contributed by atoms with van der Waals surface area (Å²) in [5, 5.41) is 10.1. The van der Waals surface area contributed by atoms with Crippen LogP contribution in [0, 0.1) is 17.8 Å². The number of likely N-dealkylation sites (tertiary alicyclic amines) is 1. The zero-order valence-electron chi connectivity index (χ0n) is 17.1. The summed E-state index contributed by atoms with van der Waals surface area (Å²) in [4.78, 5) is 39.5. The van der Waals surface area contributed by atoms with Crippen molar-refractivity contribution in [2.75, 3.05) is 39.5 Å². The first-order valence-electron chi connectivity index (χ1n) is 10.1. The molecule has 4 heterocycles. The van der Waals surface area contributed by atoms with Crippen LogP contribution in [0.25, 0.3) is 0 Å². The number of nitrogens with one attached hydrogen (secondary N) is 1. The van der Waals surface area contributed by atoms with E-state index >= 15 is 0 Å². The van der Waals surface area contributed by atoms with Crippen molar-refractivity contribution in [1.29, 1.82) is 0 Å². The highest BCUT2D eigenvalue weighted by atomic mass is 19.4. The van der Waals surface area contributed by atoms with Gasteiger partial charge in [0.2, 0.25) is 5.91 Å². The Hall–Kier alpha value is -2.73. The SMILES string of the molecule is O=C(NC[C@@H]1CO[C@@H]2CN(C(=O)C3CCOC3)C[C@H]12)c1ccncc1.O=C(O)C(F)(F)F. The van der Waals surface area contributed by atoms with Gasteiger partial charge in [-0.05, 0) is 18.6 Å². The van der Waals surface area contributed by atoms with Gasteiger partial charge in [0.05, 0.1) is 25.2 Å². The van der Waals surface area contributed by atoms with Gasteiger partial charge in [0.15, 0.2) is 0 Å². The van der Waals surface area contributed by atoms with Gasteiger partial charge in [0.1, 0.15) is 0 Å². The zero-order chi connectivity index (χ0) is 23.3. The number of nitrogens with zero attached hydrogens (tertiary/aromatic N) is 2. The fourth-order valence-electron chi connectivity index (χ4n) is 4.01. The van der Waals surface area contributed by atoms with Gasteiger partial charge < -0.3 is 24.8 Å². The molecule has 1 unspecified atom stereocenters. The van der Waals surface area contributed by atoms with E-state index in [4.69, 9.17) is 19.4 Å². The van der Waals surface area contributed by atoms with Crippen LogP contribution in [0.5, 0.6) is 0 Å². The van der Waals surface area contributed by atoms with Crippen molar-refractivity contribution >= 4 is 17.8 Å². The summed E-state index contributed by atoms with van der Waals surface area (Å²) >= 11 is 0. The van der Waals surface area contributed by atoms with Crippen molar-refractivity contribution in [2.45, 2.75) is 18.7 Å². The molecule has 3 aliphatic rings. The molecular weight excluding hydrogens is 435 g/mol. The number of ether oxygens (including phenoxy) is 2. The van der Waals surface area contributed by atoms with Gasteiger partial charge in [-0.25, -0.2) is 4.79 Å². The van der Waals surface area contributed by atoms with Crippen molar-refractivity contribution in [3.63, 3.8) is 0 Å². The van der Waals surface area contributed by atoms with Crippen molar-refractivity contribution in [1.82, 2.24) is 15.2 Å². The van der Waals surface area contributed by atoms with E-state index in [9.17, 15) is 22.8 Å². The third kappa shape index (κ3) is 5.94. The number of hydrogen-bond donors (Lipinski definition) is 2. The van der Waals surface area contributed by atoms with E-state index in [-0.39, 0.29) is 29.8 Å². The number of carbonyl (C=O) groups excluding carboxylic acids is 2. The van der Waals surface area contributed by atoms with Crippen LogP contribution in [0.1, 0.15) is 16.8 Å². The Balaban J connectivity index is 0.000000360. The Morgan fingerprint density at radius 2 is 1.88 bits per heavy atom. The molecule has 3 fully saturated rings. The van der Waals surface area contributed by atoms with Crippen molar-refractivity contribution < 1.29 is 42.1 Å². The minimum atomic E-state index is -5.08. The van der Waals surface area contributed by atoms with Crippen LogP contribution in [-0.4, -0.2) is 84.5 Å². The number of rotatable bonds is 4. The van der Waals surface area contributed by atoms with Crippen LogP contribution in [0.3, 0.4) is 0 Å². The molecule has 0 radical (unpaired) electrons. The molecule has 0 saturated carbocycles. The predicted molar refractivity (Wildman–Crippen MR) is 102 cm³/mol. The summed E-state index contributed by atoms with van der Waals surface area (Å²) in [5.41, 5.74) is 0.606. The third-order valence-electron chi connectivity index (χ3n) is 5.74. The normalized spacial score (nSPS) is 26.8. The van der Waals surface area contributed by atoms with Crippen LogP contribution in [0.15, 0.2) is 24.5 Å². The van der Waals surface area contributed by atoms with Crippen LogP contribution >= 0.6 is 0 Å². The maximum atomic E-state index is 12.6. The number of alkyl halides is 3. The second-order valence-corrected chi connectivity index (χ2v) is 7.85. The summed E-state index contributed by atoms with van der Waals surface area (Å²) in [7, 11) is 0. The largest absolute Gasteiger partial charge is 0.490 e. The molecule has 3 aliphatic heterocycles. The first-order chi connectivity index (χ1) is 15.2. The number of carboxylic acids is 1. The number of amides is 2. The Bertz CT molecular complexity index is 817. The number of fused-ring (bicyclic) bond motifs is 1. The van der Waals surface area contributed by atoms with Gasteiger partial charge in [-0.2, -0.15) is 13.2 Å². The van der Waals surface area contributed by atoms with E-state index in [1.165, 1.54) is 0 Å². The van der Waals surface area contributed by atoms with Gasteiger partial charge >= 0.3 is 12.1 Å². The maximum Gasteiger partial charge on any atom is 0.490 e. The molecule has 0 aromatic carbocycles. The second kappa shape index (κ2) is 10.3. The summed E-state index contributed by atoms with van der Waals surface area (Å²) < 4.78 is 42.9. The molecule has 1 aromatic rings. The van der Waals surface area contributed by atoms with Gasteiger partial charge in [0.25, 0.3) is 5.91 Å². The van der Waals surface area contributed by atoms with E-state index in [1.54, 1.807) is 24.5 Å². The monoisotopic (exact) mass is 459 g/mol. The highest BCUT2D eigenvalue weighted by molar-refractivity contribution is 5.93. The number of carboxylic acid groups (broad SMARTS) is 1. The molecular formula is C20H24F3N3O6. The molecule has 32 heavy (non-hydrogen) atoms. The minimum Gasteiger partial charge on any atom is -0.475 e. The Morgan fingerprint density at radius 1 is 1.19 bits per heavy atom. The third-order valence-corrected chi connectivity index (χ3v) is 5.74. The quantitative estimate of drug-likeness (QED) is 0.689. The van der Waals surface area contributed by atoms with Crippen molar-refractivity contribution in [3.05, 3.63) is 30.1 Å². The lowest BCUT2D eigenvalue weighted by molar-refractivity contribution is -0.192. The lowest BCUT2D eigenvalue weighted by atomic mass is 9.93. The molecule has 176 valence electrons. The second-order valence-electron chi connectivity index (χ2n) is 7.85. The lowest BCUT2D eigenvalue weighted by Crippen LogP contribution is -2.38. The molecule has 12 heteroatoms. The molecule has 4 atom stereocenters. The minimum absolute atomic E-state index is 0.00340. The average Bonchev–Trinajstić information content (AvgIpc) is 3.50. The molecule has 0 bridgehead atoms. The summed E-state index contributed by atoms with van der Waals surface area (Å²) in [6.45, 7) is 3.80. The highest BCUT2D eigenvalue weighted by Gasteiger charge is 2.46. The zero-order valence-corrected chi connectivity index (χ0v) is 17.1. The molecule has 0 spiro atoms. The standard InChI is InChI=1S/C18H23N3O4.C2HF3O2/c22-17(12-1-4-19-5-2-12)20-7-14-11-25-16-9-21(8-15(14)16)18(23)13-3-6-24-10-13;3-2(4,5)1(6)7/h1-2,4-5,13-16H,3,6-11H2,(H,20,22);(H,6,7)/t13?,14-,15-,16-;/m1./s1. The van der Waals surface area contributed by atoms with Crippen LogP contribution < -0.4 is 5.32 Å². The van der Waals surface area contributed by atoms with Gasteiger partial charge in [-0.1, -0.05) is 0 Å². The highest BCUT2D eigenvalue weighted by Crippen LogP contribution is 2.34. The van der Waals surface area contributed by atoms with Crippen LogP contribution in [0.4, 0.5) is 13.2 Å². The topological polar surface area (TPSA) is 118 Å². The van der Waals surface area contributed by atoms with E-state index in [0.29, 0.717) is 44.4 Å². The molecule has 4 rings (SSSR count). The van der Waals surface area contributed by atoms with Gasteiger partial charge in [0, 0.05) is 56.0 Å². The first-order valence-corrected chi connectivity index (χ1v) is 10.1. The van der Waals surface area contributed by atoms with Crippen LogP contribution in [-0.2, 0) is 19.1 Å². The van der Waals surface area contributed by atoms with Gasteiger partial charge in [-0.3, -0.25) is 14.6 Å². The number of carbonyl (C=O) groups is 3. The number of aliphatic carboxylic acids is 1. The van der Waals surface area contributed by atoms with Crippen LogP contribution in [0.2, 0.25) is 0 Å². The lowest BCUT2D eigenvalue weighted by Gasteiger charge is -2.22. The maximum absolute atomic E-state index is 12.6. The fourth-order valence-corrected chi connectivity index (χ4v) is 4.01. The van der Waals surface area contributed by atoms with E-state index in [1.807, 2.05) is 4.90 Å². The Labute approximate surface area is 181 Å². The number of pyridine rings is 1. The molecule has 2 N–H and O–H groups in total. The Morgan fingerprint density at radius 3 is 2.47 bits per heavy atom. The molecule has 2 amide bonds. The van der Waals surface area contributed by atoms with E-state index < -0.39 is 12.1 Å². The molecule has 0 aliphatic carbocycles. The molecule has 3 saturated heterocycles. The number of halogens is 3. The van der Waals surface area contributed by atoms with E-state index in [0.717, 1.165) is 13.0 Å². The summed E-state index contributed by atoms with van der Waals surface area (Å²) in [5.74, 6) is -2.12.